The summed E-state index contributed by atoms with van der Waals surface area (Å²) >= 11 is 1.33. The molecule has 0 amide bonds. The number of anilines is 3. The molecule has 0 aliphatic rings. The number of aromatic nitrogens is 1. The molecule has 3 rings (SSSR count). The fourth-order valence-electron chi connectivity index (χ4n) is 2.14. The number of carbonyl (C=O) groups is 1. The lowest BCUT2D eigenvalue weighted by molar-refractivity contribution is 0.104. The molecule has 1 aromatic heterocycles. The van der Waals surface area contributed by atoms with Crippen molar-refractivity contribution in [2.24, 2.45) is 0 Å². The predicted octanol–water partition coefficient (Wildman–Crippen LogP) is 4.01. The summed E-state index contributed by atoms with van der Waals surface area (Å²) in [5.41, 5.74) is 8.95. The highest BCUT2D eigenvalue weighted by Gasteiger charge is 2.14. The third-order valence-corrected chi connectivity index (χ3v) is 4.17. The highest BCUT2D eigenvalue weighted by Crippen LogP contribution is 2.26. The van der Waals surface area contributed by atoms with E-state index in [1.165, 1.54) is 11.3 Å². The van der Waals surface area contributed by atoms with E-state index < -0.39 is 0 Å². The van der Waals surface area contributed by atoms with Crippen LogP contribution >= 0.6 is 11.3 Å². The standard InChI is InChI=1S/C17H15N3OS/c1-11-5-2-3-8-14(11)16(21)15-10-19-17(22-15)20-13-7-4-6-12(18)9-13/h2-10H,18H2,1H3,(H,19,20). The van der Waals surface area contributed by atoms with Crippen molar-refractivity contribution in [3.8, 4) is 0 Å². The van der Waals surface area contributed by atoms with Crippen LogP contribution in [0.15, 0.2) is 54.7 Å². The van der Waals surface area contributed by atoms with Crippen molar-refractivity contribution < 1.29 is 4.79 Å². The minimum absolute atomic E-state index is 0.00349. The molecule has 4 nitrogen and oxygen atoms in total. The Labute approximate surface area is 132 Å². The van der Waals surface area contributed by atoms with E-state index in [-0.39, 0.29) is 5.78 Å². The largest absolute Gasteiger partial charge is 0.399 e. The van der Waals surface area contributed by atoms with Crippen LogP contribution in [0, 0.1) is 6.92 Å². The topological polar surface area (TPSA) is 68.0 Å². The molecule has 0 aliphatic heterocycles. The van der Waals surface area contributed by atoms with Gasteiger partial charge in [0.15, 0.2) is 5.13 Å². The summed E-state index contributed by atoms with van der Waals surface area (Å²) in [7, 11) is 0. The highest BCUT2D eigenvalue weighted by atomic mass is 32.1. The minimum atomic E-state index is -0.00349. The van der Waals surface area contributed by atoms with E-state index in [2.05, 4.69) is 10.3 Å². The number of thiazole rings is 1. The monoisotopic (exact) mass is 309 g/mol. The van der Waals surface area contributed by atoms with Crippen LogP contribution < -0.4 is 11.1 Å². The zero-order valence-electron chi connectivity index (χ0n) is 12.0. The van der Waals surface area contributed by atoms with E-state index >= 15 is 0 Å². The van der Waals surface area contributed by atoms with Crippen LogP contribution in [0.2, 0.25) is 0 Å². The number of rotatable bonds is 4. The summed E-state index contributed by atoms with van der Waals surface area (Å²) < 4.78 is 0. The molecular weight excluding hydrogens is 294 g/mol. The van der Waals surface area contributed by atoms with E-state index in [4.69, 9.17) is 5.73 Å². The van der Waals surface area contributed by atoms with Crippen molar-refractivity contribution in [2.75, 3.05) is 11.1 Å². The Morgan fingerprint density at radius 1 is 1.18 bits per heavy atom. The molecule has 0 atom stereocenters. The van der Waals surface area contributed by atoms with Crippen LogP contribution in [0.5, 0.6) is 0 Å². The SMILES string of the molecule is Cc1ccccc1C(=O)c1cnc(Nc2cccc(N)c2)s1. The number of aryl methyl sites for hydroxylation is 1. The molecular formula is C17H15N3OS. The number of nitrogen functional groups attached to an aromatic ring is 1. The lowest BCUT2D eigenvalue weighted by Crippen LogP contribution is -2.00. The molecule has 2 aromatic carbocycles. The molecule has 22 heavy (non-hydrogen) atoms. The van der Waals surface area contributed by atoms with Crippen LogP contribution in [-0.4, -0.2) is 10.8 Å². The maximum absolute atomic E-state index is 12.5. The van der Waals surface area contributed by atoms with Gasteiger partial charge < -0.3 is 11.1 Å². The van der Waals surface area contributed by atoms with Gasteiger partial charge in [0.25, 0.3) is 0 Å². The maximum atomic E-state index is 12.5. The lowest BCUT2D eigenvalue weighted by atomic mass is 10.0. The van der Waals surface area contributed by atoms with Gasteiger partial charge in [0.2, 0.25) is 5.78 Å². The molecule has 110 valence electrons. The molecule has 3 aromatic rings. The third-order valence-electron chi connectivity index (χ3n) is 3.26. The molecule has 3 N–H and O–H groups in total. The van der Waals surface area contributed by atoms with Crippen molar-refractivity contribution in [3.05, 3.63) is 70.7 Å². The summed E-state index contributed by atoms with van der Waals surface area (Å²) in [6, 6.07) is 15.0. The third kappa shape index (κ3) is 2.99. The number of carbonyl (C=O) groups excluding carboxylic acids is 1. The van der Waals surface area contributed by atoms with Gasteiger partial charge in [-0.15, -0.1) is 0 Å². The number of nitrogens with one attached hydrogen (secondary N) is 1. The van der Waals surface area contributed by atoms with Gasteiger partial charge in [-0.25, -0.2) is 4.98 Å². The van der Waals surface area contributed by atoms with Crippen molar-refractivity contribution in [3.63, 3.8) is 0 Å². The van der Waals surface area contributed by atoms with E-state index in [9.17, 15) is 4.79 Å². The second-order valence-corrected chi connectivity index (χ2v) is 5.95. The number of nitrogens with two attached hydrogens (primary N) is 1. The van der Waals surface area contributed by atoms with Crippen LogP contribution in [0.4, 0.5) is 16.5 Å². The zero-order chi connectivity index (χ0) is 15.5. The molecule has 0 spiro atoms. The second kappa shape index (κ2) is 5.99. The molecule has 0 radical (unpaired) electrons. The van der Waals surface area contributed by atoms with E-state index in [1.807, 2.05) is 55.5 Å². The van der Waals surface area contributed by atoms with E-state index in [1.54, 1.807) is 6.20 Å². The molecule has 0 bridgehead atoms. The average Bonchev–Trinajstić information content (AvgIpc) is 2.95. The highest BCUT2D eigenvalue weighted by molar-refractivity contribution is 7.17. The summed E-state index contributed by atoms with van der Waals surface area (Å²) in [4.78, 5) is 17.4. The average molecular weight is 309 g/mol. The lowest BCUT2D eigenvalue weighted by Gasteiger charge is -2.03. The fourth-order valence-corrected chi connectivity index (χ4v) is 2.93. The summed E-state index contributed by atoms with van der Waals surface area (Å²) in [6.45, 7) is 1.93. The van der Waals surface area contributed by atoms with Crippen LogP contribution in [-0.2, 0) is 0 Å². The van der Waals surface area contributed by atoms with Gasteiger partial charge in [-0.1, -0.05) is 41.7 Å². The minimum Gasteiger partial charge on any atom is -0.399 e. The van der Waals surface area contributed by atoms with Crippen molar-refractivity contribution in [1.29, 1.82) is 0 Å². The quantitative estimate of drug-likeness (QED) is 0.564. The smallest absolute Gasteiger partial charge is 0.204 e. The predicted molar refractivity (Wildman–Crippen MR) is 90.9 cm³/mol. The van der Waals surface area contributed by atoms with Crippen LogP contribution in [0.3, 0.4) is 0 Å². The number of ketones is 1. The Kier molecular flexibility index (Phi) is 3.89. The first kappa shape index (κ1) is 14.3. The van der Waals surface area contributed by atoms with Gasteiger partial charge in [-0.3, -0.25) is 4.79 Å². The fraction of sp³-hybridized carbons (Fsp3) is 0.0588. The number of benzene rings is 2. The van der Waals surface area contributed by atoms with Crippen molar-refractivity contribution >= 4 is 33.6 Å². The van der Waals surface area contributed by atoms with Crippen molar-refractivity contribution in [1.82, 2.24) is 4.98 Å². The summed E-state index contributed by atoms with van der Waals surface area (Å²) in [5, 5.41) is 3.83. The Hall–Kier alpha value is -2.66. The molecule has 5 heteroatoms. The van der Waals surface area contributed by atoms with Gasteiger partial charge in [-0.05, 0) is 30.7 Å². The Balaban J connectivity index is 1.82. The van der Waals surface area contributed by atoms with Gasteiger partial charge in [0.1, 0.15) is 0 Å². The molecule has 0 aliphatic carbocycles. The van der Waals surface area contributed by atoms with Gasteiger partial charge in [0.05, 0.1) is 11.1 Å². The van der Waals surface area contributed by atoms with Crippen molar-refractivity contribution in [2.45, 2.75) is 6.92 Å². The number of hydrogen-bond donors (Lipinski definition) is 2. The summed E-state index contributed by atoms with van der Waals surface area (Å²) in [5.74, 6) is -0.00349. The maximum Gasteiger partial charge on any atom is 0.204 e. The van der Waals surface area contributed by atoms with Crippen LogP contribution in [0.1, 0.15) is 20.8 Å². The first-order valence-electron chi connectivity index (χ1n) is 6.82. The molecule has 1 heterocycles. The normalized spacial score (nSPS) is 10.4. The van der Waals surface area contributed by atoms with E-state index in [0.29, 0.717) is 21.3 Å². The first-order valence-corrected chi connectivity index (χ1v) is 7.64. The summed E-state index contributed by atoms with van der Waals surface area (Å²) in [6.07, 6.45) is 1.61. The molecule has 0 saturated heterocycles. The number of nitrogens with zero attached hydrogens (tertiary/aromatic N) is 1. The van der Waals surface area contributed by atoms with Gasteiger partial charge >= 0.3 is 0 Å². The molecule has 0 fully saturated rings. The van der Waals surface area contributed by atoms with E-state index in [0.717, 1.165) is 11.3 Å². The van der Waals surface area contributed by atoms with Crippen LogP contribution in [0.25, 0.3) is 0 Å². The first-order chi connectivity index (χ1) is 10.6. The Bertz CT molecular complexity index is 826. The van der Waals surface area contributed by atoms with Gasteiger partial charge in [0, 0.05) is 16.9 Å². The molecule has 0 saturated carbocycles. The second-order valence-electron chi connectivity index (χ2n) is 4.92. The zero-order valence-corrected chi connectivity index (χ0v) is 12.9. The Morgan fingerprint density at radius 2 is 2.00 bits per heavy atom. The Morgan fingerprint density at radius 3 is 2.77 bits per heavy atom. The van der Waals surface area contributed by atoms with Gasteiger partial charge in [-0.2, -0.15) is 0 Å². The molecule has 0 unspecified atom stereocenters. The number of hydrogen-bond acceptors (Lipinski definition) is 5.